The smallest absolute Gasteiger partial charge is 0.399 e. The molecule has 4 aromatic rings. The first-order chi connectivity index (χ1) is 14.5. The van der Waals surface area contributed by atoms with E-state index in [9.17, 15) is 21.6 Å². The van der Waals surface area contributed by atoms with E-state index in [-0.39, 0.29) is 11.3 Å². The molecule has 0 radical (unpaired) electrons. The summed E-state index contributed by atoms with van der Waals surface area (Å²) in [5.74, 6) is 0. The Kier molecular flexibility index (Phi) is 4.93. The van der Waals surface area contributed by atoms with E-state index in [1.165, 1.54) is 12.1 Å². The third kappa shape index (κ3) is 4.36. The number of hydrogen-bond donors (Lipinski definition) is 2. The van der Waals surface area contributed by atoms with E-state index in [0.717, 1.165) is 17.7 Å². The molecule has 0 amide bonds. The van der Waals surface area contributed by atoms with Gasteiger partial charge in [0, 0.05) is 23.0 Å². The third-order valence-electron chi connectivity index (χ3n) is 4.78. The lowest BCUT2D eigenvalue weighted by Crippen LogP contribution is -2.09. The van der Waals surface area contributed by atoms with Gasteiger partial charge in [-0.2, -0.15) is 13.2 Å². The maximum Gasteiger partial charge on any atom is 0.417 e. The minimum Gasteiger partial charge on any atom is -0.399 e. The number of nitrogen functional groups attached to an aromatic ring is 1. The van der Waals surface area contributed by atoms with E-state index < -0.39 is 21.8 Å². The van der Waals surface area contributed by atoms with Crippen LogP contribution in [0.15, 0.2) is 72.9 Å². The fourth-order valence-electron chi connectivity index (χ4n) is 3.50. The number of anilines is 2. The maximum absolute atomic E-state index is 13.6. The van der Waals surface area contributed by atoms with E-state index >= 15 is 0 Å². The molecule has 3 aromatic carbocycles. The van der Waals surface area contributed by atoms with Crippen molar-refractivity contribution < 1.29 is 21.6 Å². The van der Waals surface area contributed by atoms with Crippen molar-refractivity contribution in [1.29, 1.82) is 0 Å². The average molecular weight is 445 g/mol. The van der Waals surface area contributed by atoms with Crippen molar-refractivity contribution >= 4 is 32.3 Å². The van der Waals surface area contributed by atoms with Crippen molar-refractivity contribution in [3.63, 3.8) is 0 Å². The van der Waals surface area contributed by atoms with E-state index in [4.69, 9.17) is 5.73 Å². The van der Waals surface area contributed by atoms with Crippen LogP contribution in [-0.4, -0.2) is 19.2 Å². The SMILES string of the molecule is CS(=O)(=O)Nc1ccc2ccn(-c3cccc(-c4ccc(N)cc4C(F)(F)F)c3)c2c1. The molecule has 3 N–H and O–H groups in total. The van der Waals surface area contributed by atoms with Gasteiger partial charge in [-0.25, -0.2) is 8.42 Å². The molecule has 0 saturated heterocycles. The van der Waals surface area contributed by atoms with Crippen molar-refractivity contribution in [2.75, 3.05) is 16.7 Å². The Morgan fingerprint density at radius 1 is 0.968 bits per heavy atom. The number of fused-ring (bicyclic) bond motifs is 1. The summed E-state index contributed by atoms with van der Waals surface area (Å²) in [7, 11) is -3.45. The molecule has 0 aliphatic carbocycles. The van der Waals surface area contributed by atoms with Crippen LogP contribution in [0, 0.1) is 0 Å². The molecular formula is C22H18F3N3O2S. The number of benzene rings is 3. The molecule has 5 nitrogen and oxygen atoms in total. The van der Waals surface area contributed by atoms with Crippen LogP contribution in [0.2, 0.25) is 0 Å². The molecule has 0 saturated carbocycles. The second-order valence-electron chi connectivity index (χ2n) is 7.19. The zero-order chi connectivity index (χ0) is 22.4. The topological polar surface area (TPSA) is 77.1 Å². The molecule has 0 aliphatic rings. The lowest BCUT2D eigenvalue weighted by molar-refractivity contribution is -0.137. The van der Waals surface area contributed by atoms with Crippen molar-refractivity contribution in [2.24, 2.45) is 0 Å². The zero-order valence-corrected chi connectivity index (χ0v) is 17.1. The number of rotatable bonds is 4. The Balaban J connectivity index is 1.83. The molecule has 0 spiro atoms. The van der Waals surface area contributed by atoms with Crippen LogP contribution in [0.3, 0.4) is 0 Å². The van der Waals surface area contributed by atoms with Gasteiger partial charge < -0.3 is 10.3 Å². The predicted molar refractivity (Wildman–Crippen MR) is 117 cm³/mol. The molecule has 0 atom stereocenters. The van der Waals surface area contributed by atoms with Crippen LogP contribution >= 0.6 is 0 Å². The lowest BCUT2D eigenvalue weighted by atomic mass is 9.98. The number of halogens is 3. The molecule has 1 heterocycles. The standard InChI is InChI=1S/C22H18F3N3O2S/c1-31(29,30)27-17-7-5-14-9-10-28(21(14)13-17)18-4-2-3-15(11-18)19-8-6-16(26)12-20(19)22(23,24)25/h2-13,27H,26H2,1H3. The molecule has 1 aromatic heterocycles. The van der Waals surface area contributed by atoms with Gasteiger partial charge in [0.25, 0.3) is 0 Å². The molecule has 0 bridgehead atoms. The van der Waals surface area contributed by atoms with Crippen LogP contribution in [0.5, 0.6) is 0 Å². The van der Waals surface area contributed by atoms with Crippen LogP contribution in [0.4, 0.5) is 24.5 Å². The Hall–Kier alpha value is -3.46. The number of aromatic nitrogens is 1. The fraction of sp³-hybridized carbons (Fsp3) is 0.0909. The number of nitrogens with zero attached hydrogens (tertiary/aromatic N) is 1. The lowest BCUT2D eigenvalue weighted by Gasteiger charge is -2.15. The highest BCUT2D eigenvalue weighted by molar-refractivity contribution is 7.92. The minimum absolute atomic E-state index is 0.0273. The van der Waals surface area contributed by atoms with Gasteiger partial charge in [0.05, 0.1) is 23.0 Å². The maximum atomic E-state index is 13.6. The van der Waals surface area contributed by atoms with E-state index in [1.54, 1.807) is 53.2 Å². The molecule has 0 aliphatic heterocycles. The van der Waals surface area contributed by atoms with Gasteiger partial charge in [-0.05, 0) is 53.6 Å². The van der Waals surface area contributed by atoms with Gasteiger partial charge in [0.15, 0.2) is 0 Å². The highest BCUT2D eigenvalue weighted by atomic mass is 32.2. The number of nitrogens with one attached hydrogen (secondary N) is 1. The first-order valence-corrected chi connectivity index (χ1v) is 11.1. The highest BCUT2D eigenvalue weighted by Gasteiger charge is 2.33. The molecule has 160 valence electrons. The van der Waals surface area contributed by atoms with Crippen LogP contribution < -0.4 is 10.5 Å². The first-order valence-electron chi connectivity index (χ1n) is 9.18. The van der Waals surface area contributed by atoms with Gasteiger partial charge >= 0.3 is 6.18 Å². The Bertz CT molecular complexity index is 1390. The third-order valence-corrected chi connectivity index (χ3v) is 5.39. The fourth-order valence-corrected chi connectivity index (χ4v) is 4.06. The summed E-state index contributed by atoms with van der Waals surface area (Å²) in [5, 5.41) is 0.855. The molecule has 0 fully saturated rings. The zero-order valence-electron chi connectivity index (χ0n) is 16.3. The van der Waals surface area contributed by atoms with Gasteiger partial charge in [-0.1, -0.05) is 24.3 Å². The van der Waals surface area contributed by atoms with Crippen molar-refractivity contribution in [3.05, 3.63) is 78.5 Å². The van der Waals surface area contributed by atoms with Gasteiger partial charge in [-0.3, -0.25) is 4.72 Å². The second-order valence-corrected chi connectivity index (χ2v) is 8.94. The summed E-state index contributed by atoms with van der Waals surface area (Å²) in [6.45, 7) is 0. The van der Waals surface area contributed by atoms with Crippen molar-refractivity contribution in [1.82, 2.24) is 4.57 Å². The first kappa shape index (κ1) is 20.8. The molecular weight excluding hydrogens is 427 g/mol. The summed E-state index contributed by atoms with van der Waals surface area (Å²) in [4.78, 5) is 0. The monoisotopic (exact) mass is 445 g/mol. The molecule has 0 unspecified atom stereocenters. The van der Waals surface area contributed by atoms with Gasteiger partial charge in [-0.15, -0.1) is 0 Å². The summed E-state index contributed by atoms with van der Waals surface area (Å²) in [6.07, 6.45) is -1.71. The van der Waals surface area contributed by atoms with Gasteiger partial charge in [0.1, 0.15) is 0 Å². The van der Waals surface area contributed by atoms with Gasteiger partial charge in [0.2, 0.25) is 10.0 Å². The van der Waals surface area contributed by atoms with Crippen LogP contribution in [0.25, 0.3) is 27.7 Å². The quantitative estimate of drug-likeness (QED) is 0.420. The number of hydrogen-bond acceptors (Lipinski definition) is 3. The highest BCUT2D eigenvalue weighted by Crippen LogP contribution is 2.39. The molecule has 31 heavy (non-hydrogen) atoms. The minimum atomic E-state index is -4.55. The number of nitrogens with two attached hydrogens (primary N) is 1. The van der Waals surface area contributed by atoms with E-state index in [0.29, 0.717) is 22.5 Å². The second kappa shape index (κ2) is 7.35. The van der Waals surface area contributed by atoms with E-state index in [2.05, 4.69) is 4.72 Å². The summed E-state index contributed by atoms with van der Waals surface area (Å²) in [5.41, 5.74) is 6.96. The number of sulfonamides is 1. The van der Waals surface area contributed by atoms with Crippen molar-refractivity contribution in [2.45, 2.75) is 6.18 Å². The number of alkyl halides is 3. The Morgan fingerprint density at radius 3 is 2.45 bits per heavy atom. The Morgan fingerprint density at radius 2 is 1.74 bits per heavy atom. The predicted octanol–water partition coefficient (Wildman–Crippen LogP) is 5.27. The van der Waals surface area contributed by atoms with Crippen LogP contribution in [0.1, 0.15) is 5.56 Å². The average Bonchev–Trinajstić information content (AvgIpc) is 3.09. The summed E-state index contributed by atoms with van der Waals surface area (Å²) < 4.78 is 68.0. The van der Waals surface area contributed by atoms with Crippen molar-refractivity contribution in [3.8, 4) is 16.8 Å². The normalized spacial score (nSPS) is 12.3. The molecule has 4 rings (SSSR count). The summed E-state index contributed by atoms with van der Waals surface area (Å²) in [6, 6.07) is 17.4. The Labute approximate surface area is 177 Å². The largest absolute Gasteiger partial charge is 0.417 e. The molecule has 9 heteroatoms. The summed E-state index contributed by atoms with van der Waals surface area (Å²) >= 11 is 0. The van der Waals surface area contributed by atoms with Crippen LogP contribution in [-0.2, 0) is 16.2 Å². The van der Waals surface area contributed by atoms with E-state index in [1.807, 2.05) is 6.07 Å².